The van der Waals surface area contributed by atoms with Crippen molar-refractivity contribution in [2.75, 3.05) is 72.5 Å². The van der Waals surface area contributed by atoms with Crippen molar-refractivity contribution in [3.8, 4) is 17.2 Å². The zero-order valence-electron chi connectivity index (χ0n) is 27.3. The number of anilines is 1. The third-order valence-corrected chi connectivity index (χ3v) is 8.66. The first-order valence-corrected chi connectivity index (χ1v) is 15.7. The van der Waals surface area contributed by atoms with Crippen molar-refractivity contribution in [3.05, 3.63) is 77.9 Å². The predicted molar refractivity (Wildman–Crippen MR) is 176 cm³/mol. The van der Waals surface area contributed by atoms with E-state index in [-0.39, 0.29) is 11.8 Å². The van der Waals surface area contributed by atoms with Crippen LogP contribution in [0.15, 0.2) is 66.7 Å². The molecule has 47 heavy (non-hydrogen) atoms. The molecular weight excluding hydrogens is 611 g/mol. The average molecular weight is 654 g/mol. The molecule has 12 heteroatoms. The first-order chi connectivity index (χ1) is 22.6. The van der Waals surface area contributed by atoms with Crippen molar-refractivity contribution in [3.63, 3.8) is 0 Å². The Morgan fingerprint density at radius 2 is 1.60 bits per heavy atom. The maximum atomic E-state index is 13.6. The van der Waals surface area contributed by atoms with Gasteiger partial charge in [0.25, 0.3) is 5.91 Å². The van der Waals surface area contributed by atoms with Crippen molar-refractivity contribution >= 4 is 22.9 Å². The average Bonchev–Trinajstić information content (AvgIpc) is 3.25. The zero-order valence-corrected chi connectivity index (χ0v) is 27.3. The predicted octanol–water partition coefficient (Wildman–Crippen LogP) is 6.08. The van der Waals surface area contributed by atoms with Gasteiger partial charge in [-0.2, -0.15) is 13.2 Å². The quantitative estimate of drug-likeness (QED) is 0.184. The fourth-order valence-electron chi connectivity index (χ4n) is 6.30. The van der Waals surface area contributed by atoms with Gasteiger partial charge in [0.05, 0.1) is 32.4 Å². The van der Waals surface area contributed by atoms with Crippen LogP contribution in [0.2, 0.25) is 0 Å². The minimum Gasteiger partial charge on any atom is -0.493 e. The maximum absolute atomic E-state index is 13.6. The second-order valence-corrected chi connectivity index (χ2v) is 11.8. The molecule has 1 fully saturated rings. The molecule has 9 nitrogen and oxygen atoms in total. The standard InChI is InChI=1S/C35H42F3N5O4/c1-40(33(44)27-21-30(45-2)32(47-4)31(22-27)46-3)23-26(25-11-6-5-7-12-25)15-18-41-16-10-17-42(20-19-41)34-39-28-13-8-9-14-29(28)43(34)24-35(36,37)38/h5-9,11-14,21-22,26H,10,15-20,23-24H2,1-4H3. The van der Waals surface area contributed by atoms with Gasteiger partial charge in [0.1, 0.15) is 6.54 Å². The van der Waals surface area contributed by atoms with Crippen molar-refractivity contribution in [2.24, 2.45) is 0 Å². The number of likely N-dealkylation sites (N-methyl/N-ethyl adjacent to an activating group) is 1. The Morgan fingerprint density at radius 1 is 0.915 bits per heavy atom. The van der Waals surface area contributed by atoms with E-state index in [9.17, 15) is 18.0 Å². The molecule has 1 amide bonds. The van der Waals surface area contributed by atoms with Gasteiger partial charge < -0.3 is 33.5 Å². The van der Waals surface area contributed by atoms with Gasteiger partial charge in [-0.3, -0.25) is 4.79 Å². The summed E-state index contributed by atoms with van der Waals surface area (Å²) < 4.78 is 58.3. The van der Waals surface area contributed by atoms with Crippen molar-refractivity contribution < 1.29 is 32.2 Å². The highest BCUT2D eigenvalue weighted by atomic mass is 19.4. The van der Waals surface area contributed by atoms with E-state index in [4.69, 9.17) is 14.2 Å². The number of hydrogen-bond donors (Lipinski definition) is 0. The molecule has 1 aromatic heterocycles. The minimum atomic E-state index is -4.36. The van der Waals surface area contributed by atoms with Gasteiger partial charge in [-0.05, 0) is 55.8 Å². The summed E-state index contributed by atoms with van der Waals surface area (Å²) in [4.78, 5) is 24.3. The zero-order chi connectivity index (χ0) is 33.6. The van der Waals surface area contributed by atoms with E-state index in [1.165, 1.54) is 25.9 Å². The summed E-state index contributed by atoms with van der Waals surface area (Å²) in [6, 6.07) is 20.4. The van der Waals surface area contributed by atoms with Crippen LogP contribution in [0.5, 0.6) is 17.2 Å². The Labute approximate surface area is 273 Å². The molecule has 1 atom stereocenters. The van der Waals surface area contributed by atoms with Gasteiger partial charge in [0.2, 0.25) is 11.7 Å². The number of carbonyl (C=O) groups is 1. The maximum Gasteiger partial charge on any atom is 0.406 e. The Kier molecular flexibility index (Phi) is 10.8. The molecule has 252 valence electrons. The fourth-order valence-corrected chi connectivity index (χ4v) is 6.30. The number of hydrogen-bond acceptors (Lipinski definition) is 7. The number of nitrogens with zero attached hydrogens (tertiary/aromatic N) is 5. The fraction of sp³-hybridized carbons (Fsp3) is 0.429. The van der Waals surface area contributed by atoms with Crippen LogP contribution in [0, 0.1) is 0 Å². The van der Waals surface area contributed by atoms with Gasteiger partial charge in [-0.1, -0.05) is 42.5 Å². The largest absolute Gasteiger partial charge is 0.493 e. The molecular formula is C35H42F3N5O4. The third kappa shape index (κ3) is 8.10. The van der Waals surface area contributed by atoms with Gasteiger partial charge in [-0.15, -0.1) is 0 Å². The lowest BCUT2D eigenvalue weighted by molar-refractivity contribution is -0.139. The Bertz CT molecular complexity index is 1620. The second-order valence-electron chi connectivity index (χ2n) is 11.8. The van der Waals surface area contributed by atoms with Gasteiger partial charge >= 0.3 is 6.18 Å². The smallest absolute Gasteiger partial charge is 0.406 e. The van der Waals surface area contributed by atoms with Crippen LogP contribution in [0.25, 0.3) is 11.0 Å². The first kappa shape index (κ1) is 33.9. The number of amides is 1. The molecule has 1 aliphatic heterocycles. The van der Waals surface area contributed by atoms with E-state index >= 15 is 0 Å². The van der Waals surface area contributed by atoms with E-state index in [0.29, 0.717) is 66.0 Å². The number of fused-ring (bicyclic) bond motifs is 1. The number of rotatable bonds is 12. The number of halogens is 3. The number of benzene rings is 3. The topological polar surface area (TPSA) is 72.3 Å². The molecule has 1 unspecified atom stereocenters. The lowest BCUT2D eigenvalue weighted by Gasteiger charge is -2.28. The molecule has 2 heterocycles. The number of aromatic nitrogens is 2. The molecule has 0 spiro atoms. The van der Waals surface area contributed by atoms with E-state index in [0.717, 1.165) is 31.5 Å². The molecule has 0 aliphatic carbocycles. The highest BCUT2D eigenvalue weighted by Crippen LogP contribution is 2.38. The molecule has 0 saturated carbocycles. The van der Waals surface area contributed by atoms with Crippen LogP contribution in [0.1, 0.15) is 34.7 Å². The van der Waals surface area contributed by atoms with E-state index < -0.39 is 12.7 Å². The third-order valence-electron chi connectivity index (χ3n) is 8.66. The number of methoxy groups -OCH3 is 3. The summed E-state index contributed by atoms with van der Waals surface area (Å²) in [6.45, 7) is 2.88. The minimum absolute atomic E-state index is 0.0579. The van der Waals surface area contributed by atoms with Crippen LogP contribution < -0.4 is 19.1 Å². The Balaban J connectivity index is 1.28. The number of carbonyl (C=O) groups excluding carboxylic acids is 1. The van der Waals surface area contributed by atoms with E-state index in [2.05, 4.69) is 22.0 Å². The molecule has 1 saturated heterocycles. The summed E-state index contributed by atoms with van der Waals surface area (Å²) in [6.07, 6.45) is -2.77. The Hall–Kier alpha value is -4.45. The summed E-state index contributed by atoms with van der Waals surface area (Å²) in [7, 11) is 6.34. The molecule has 3 aromatic carbocycles. The van der Waals surface area contributed by atoms with Crippen molar-refractivity contribution in [2.45, 2.75) is 31.5 Å². The van der Waals surface area contributed by atoms with Gasteiger partial charge in [0.15, 0.2) is 11.5 Å². The van der Waals surface area contributed by atoms with Crippen LogP contribution >= 0.6 is 0 Å². The van der Waals surface area contributed by atoms with Crippen LogP contribution in [-0.4, -0.2) is 99.1 Å². The molecule has 1 aliphatic rings. The Morgan fingerprint density at radius 3 is 2.26 bits per heavy atom. The number of para-hydroxylation sites is 2. The molecule has 0 N–H and O–H groups in total. The van der Waals surface area contributed by atoms with E-state index in [1.807, 2.05) is 23.1 Å². The van der Waals surface area contributed by atoms with Crippen molar-refractivity contribution in [1.82, 2.24) is 19.4 Å². The van der Waals surface area contributed by atoms with E-state index in [1.54, 1.807) is 48.3 Å². The van der Waals surface area contributed by atoms with Crippen molar-refractivity contribution in [1.29, 1.82) is 0 Å². The second kappa shape index (κ2) is 15.0. The highest BCUT2D eigenvalue weighted by molar-refractivity contribution is 5.95. The summed E-state index contributed by atoms with van der Waals surface area (Å²) in [5, 5.41) is 0. The molecule has 0 radical (unpaired) electrons. The monoisotopic (exact) mass is 653 g/mol. The number of ether oxygens (including phenoxy) is 3. The van der Waals surface area contributed by atoms with Crippen LogP contribution in [-0.2, 0) is 6.54 Å². The van der Waals surface area contributed by atoms with Crippen LogP contribution in [0.3, 0.4) is 0 Å². The highest BCUT2D eigenvalue weighted by Gasteiger charge is 2.32. The first-order valence-electron chi connectivity index (χ1n) is 15.7. The summed E-state index contributed by atoms with van der Waals surface area (Å²) in [5.74, 6) is 1.49. The molecule has 5 rings (SSSR count). The SMILES string of the molecule is COc1cc(C(=O)N(C)CC(CCN2CCCN(c3nc4ccccc4n3CC(F)(F)F)CC2)c2ccccc2)cc(OC)c1OC. The number of imidazole rings is 1. The summed E-state index contributed by atoms with van der Waals surface area (Å²) >= 11 is 0. The lowest BCUT2D eigenvalue weighted by Crippen LogP contribution is -2.35. The summed E-state index contributed by atoms with van der Waals surface area (Å²) in [5.41, 5.74) is 2.60. The van der Waals surface area contributed by atoms with Gasteiger partial charge in [0, 0.05) is 44.7 Å². The number of alkyl halides is 3. The molecule has 0 bridgehead atoms. The lowest BCUT2D eigenvalue weighted by atomic mass is 9.94. The van der Waals surface area contributed by atoms with Gasteiger partial charge in [-0.25, -0.2) is 4.98 Å². The molecule has 4 aromatic rings. The normalized spacial score (nSPS) is 14.9. The van der Waals surface area contributed by atoms with Crippen LogP contribution in [0.4, 0.5) is 19.1 Å².